The summed E-state index contributed by atoms with van der Waals surface area (Å²) in [5.74, 6) is 0.703. The van der Waals surface area contributed by atoms with E-state index in [1.807, 2.05) is 20.8 Å². The number of esters is 1. The number of nitrogen functional groups attached to an aromatic ring is 2. The Balaban J connectivity index is 0.000000254. The topological polar surface area (TPSA) is 152 Å². The third kappa shape index (κ3) is 5.16. The van der Waals surface area contributed by atoms with Gasteiger partial charge in [0, 0.05) is 11.5 Å². The summed E-state index contributed by atoms with van der Waals surface area (Å²) < 4.78 is 9.67. The summed E-state index contributed by atoms with van der Waals surface area (Å²) in [5.41, 5.74) is 11.0. The number of hydrogen-bond donors (Lipinski definition) is 3. The fraction of sp³-hybridized carbons (Fsp3) is 0.500. The van der Waals surface area contributed by atoms with Gasteiger partial charge in [0.15, 0.2) is 11.5 Å². The largest absolute Gasteiger partial charge is 0.461 e. The van der Waals surface area contributed by atoms with Gasteiger partial charge in [-0.25, -0.2) is 4.79 Å². The average molecular weight is 341 g/mol. The molecule has 0 atom stereocenters. The number of hydrogen-bond acceptors (Lipinski definition) is 9. The highest BCUT2D eigenvalue weighted by Gasteiger charge is 2.19. The summed E-state index contributed by atoms with van der Waals surface area (Å²) in [4.78, 5) is 20.1. The van der Waals surface area contributed by atoms with Crippen molar-refractivity contribution in [3.05, 3.63) is 17.5 Å². The Morgan fingerprint density at radius 1 is 1.38 bits per heavy atom. The molecule has 0 aliphatic carbocycles. The lowest BCUT2D eigenvalue weighted by Crippen LogP contribution is -2.09. The van der Waals surface area contributed by atoms with Crippen LogP contribution >= 0.6 is 0 Å². The van der Waals surface area contributed by atoms with Gasteiger partial charge in [-0.3, -0.25) is 5.10 Å². The lowest BCUT2D eigenvalue weighted by Gasteiger charge is -2.11. The second kappa shape index (κ2) is 8.20. The van der Waals surface area contributed by atoms with Crippen molar-refractivity contribution in [3.63, 3.8) is 0 Å². The van der Waals surface area contributed by atoms with E-state index in [9.17, 15) is 4.79 Å². The first-order valence-corrected chi connectivity index (χ1v) is 7.15. The van der Waals surface area contributed by atoms with Crippen molar-refractivity contribution in [1.82, 2.24) is 15.4 Å². The number of rotatable bonds is 4. The maximum Gasteiger partial charge on any atom is 0.358 e. The summed E-state index contributed by atoms with van der Waals surface area (Å²) >= 11 is 0. The molecule has 0 saturated carbocycles. The van der Waals surface area contributed by atoms with Crippen LogP contribution in [0.1, 0.15) is 43.9 Å². The number of aromatic nitrogens is 3. The fourth-order valence-electron chi connectivity index (χ4n) is 1.48. The second-order valence-electron chi connectivity index (χ2n) is 5.65. The molecule has 10 nitrogen and oxygen atoms in total. The highest BCUT2D eigenvalue weighted by molar-refractivity contribution is 5.94. The van der Waals surface area contributed by atoms with Crippen molar-refractivity contribution >= 4 is 17.5 Å². The zero-order valence-corrected chi connectivity index (χ0v) is 14.4. The molecule has 0 aliphatic rings. The van der Waals surface area contributed by atoms with Crippen molar-refractivity contribution < 1.29 is 23.8 Å². The van der Waals surface area contributed by atoms with E-state index >= 15 is 0 Å². The number of nitrogens with two attached hydrogens (primary N) is 2. The van der Waals surface area contributed by atoms with Gasteiger partial charge in [-0.15, -0.1) is 5.10 Å². The Labute approximate surface area is 139 Å². The SMILES string of the molecule is CC(C)(C)c1cc(N)no1.CCOC(=O)c1[nH]nc(OOC)c1N. The van der Waals surface area contributed by atoms with Crippen molar-refractivity contribution in [1.29, 1.82) is 0 Å². The Morgan fingerprint density at radius 2 is 2.04 bits per heavy atom. The number of nitrogens with one attached hydrogen (secondary N) is 1. The second-order valence-corrected chi connectivity index (χ2v) is 5.65. The molecule has 0 saturated heterocycles. The molecular weight excluding hydrogens is 318 g/mol. The van der Waals surface area contributed by atoms with E-state index in [0.717, 1.165) is 5.76 Å². The summed E-state index contributed by atoms with van der Waals surface area (Å²) in [6.45, 7) is 8.10. The molecule has 2 aromatic rings. The van der Waals surface area contributed by atoms with Gasteiger partial charge in [-0.1, -0.05) is 25.9 Å². The van der Waals surface area contributed by atoms with E-state index in [1.54, 1.807) is 13.0 Å². The standard InChI is InChI=1S/C7H11N3O4.C7H12N2O/c1-3-13-7(11)5-4(8)6(10-9-5)14-12-2;1-7(2,3)5-4-6(8)9-10-5/h3,8H2,1-2H3,(H,9,10);4H,1-3H3,(H2,8,9). The summed E-state index contributed by atoms with van der Waals surface area (Å²) in [6.07, 6.45) is 0. The molecule has 5 N–H and O–H groups in total. The van der Waals surface area contributed by atoms with Crippen molar-refractivity contribution in [2.45, 2.75) is 33.1 Å². The first-order valence-electron chi connectivity index (χ1n) is 7.15. The summed E-state index contributed by atoms with van der Waals surface area (Å²) in [7, 11) is 1.30. The van der Waals surface area contributed by atoms with E-state index in [-0.39, 0.29) is 29.3 Å². The smallest absolute Gasteiger partial charge is 0.358 e. The molecule has 24 heavy (non-hydrogen) atoms. The first kappa shape index (κ1) is 19.3. The van der Waals surface area contributed by atoms with Gasteiger partial charge in [-0.05, 0) is 6.92 Å². The molecule has 0 amide bonds. The minimum absolute atomic E-state index is 0.00458. The third-order valence-electron chi connectivity index (χ3n) is 2.68. The molecular formula is C14H23N5O5. The molecule has 134 valence electrons. The maximum absolute atomic E-state index is 11.2. The minimum Gasteiger partial charge on any atom is -0.461 e. The number of aromatic amines is 1. The number of anilines is 2. The summed E-state index contributed by atoms with van der Waals surface area (Å²) in [5, 5.41) is 9.59. The van der Waals surface area contributed by atoms with Gasteiger partial charge >= 0.3 is 5.97 Å². The van der Waals surface area contributed by atoms with Crippen LogP contribution in [-0.2, 0) is 15.0 Å². The van der Waals surface area contributed by atoms with Crippen LogP contribution in [0.4, 0.5) is 11.5 Å². The lowest BCUT2D eigenvalue weighted by molar-refractivity contribution is -0.180. The third-order valence-corrected chi connectivity index (χ3v) is 2.68. The number of H-pyrrole nitrogens is 1. The van der Waals surface area contributed by atoms with Crippen LogP contribution in [0.3, 0.4) is 0 Å². The Morgan fingerprint density at radius 3 is 2.46 bits per heavy atom. The maximum atomic E-state index is 11.2. The number of carbonyl (C=O) groups is 1. The van der Waals surface area contributed by atoms with E-state index < -0.39 is 5.97 Å². The molecule has 0 bridgehead atoms. The van der Waals surface area contributed by atoms with E-state index in [2.05, 4.69) is 25.1 Å². The summed E-state index contributed by atoms with van der Waals surface area (Å²) in [6, 6.07) is 1.75. The van der Waals surface area contributed by atoms with Crippen LogP contribution in [0.5, 0.6) is 5.88 Å². The normalized spacial score (nSPS) is 10.7. The molecule has 10 heteroatoms. The number of ether oxygens (including phenoxy) is 1. The van der Waals surface area contributed by atoms with E-state index in [0.29, 0.717) is 5.82 Å². The molecule has 2 heterocycles. The van der Waals surface area contributed by atoms with E-state index in [4.69, 9.17) is 20.7 Å². The molecule has 0 radical (unpaired) electrons. The van der Waals surface area contributed by atoms with Gasteiger partial charge in [0.25, 0.3) is 5.88 Å². The molecule has 2 rings (SSSR count). The quantitative estimate of drug-likeness (QED) is 0.428. The fourth-order valence-corrected chi connectivity index (χ4v) is 1.48. The number of nitrogens with zero attached hydrogens (tertiary/aromatic N) is 2. The van der Waals surface area contributed by atoms with Gasteiger partial charge in [0.05, 0.1) is 13.7 Å². The first-order chi connectivity index (χ1) is 11.2. The van der Waals surface area contributed by atoms with Gasteiger partial charge in [0.1, 0.15) is 11.4 Å². The monoisotopic (exact) mass is 341 g/mol. The van der Waals surface area contributed by atoms with Gasteiger partial charge in [-0.2, -0.15) is 4.89 Å². The molecule has 0 aromatic carbocycles. The minimum atomic E-state index is -0.580. The van der Waals surface area contributed by atoms with Gasteiger partial charge in [0.2, 0.25) is 0 Å². The van der Waals surface area contributed by atoms with Crippen LogP contribution in [0, 0.1) is 0 Å². The molecule has 2 aromatic heterocycles. The van der Waals surface area contributed by atoms with Crippen molar-refractivity contribution in [3.8, 4) is 5.88 Å². The molecule has 0 spiro atoms. The zero-order chi connectivity index (χ0) is 18.3. The van der Waals surface area contributed by atoms with Crippen LogP contribution in [-0.4, -0.2) is 35.0 Å². The Bertz CT molecular complexity index is 659. The zero-order valence-electron chi connectivity index (χ0n) is 14.4. The highest BCUT2D eigenvalue weighted by atomic mass is 17.2. The molecule has 0 aliphatic heterocycles. The van der Waals surface area contributed by atoms with Crippen molar-refractivity contribution in [2.24, 2.45) is 0 Å². The molecule has 0 fully saturated rings. The Hall–Kier alpha value is -2.75. The lowest BCUT2D eigenvalue weighted by atomic mass is 9.93. The van der Waals surface area contributed by atoms with Crippen molar-refractivity contribution in [2.75, 3.05) is 25.2 Å². The predicted molar refractivity (Wildman–Crippen MR) is 86.2 cm³/mol. The predicted octanol–water partition coefficient (Wildman–Crippen LogP) is 1.66. The van der Waals surface area contributed by atoms with Crippen LogP contribution in [0.15, 0.2) is 10.6 Å². The highest BCUT2D eigenvalue weighted by Crippen LogP contribution is 2.23. The van der Waals surface area contributed by atoms with Gasteiger partial charge < -0.3 is 25.6 Å². The number of carbonyl (C=O) groups excluding carboxylic acids is 1. The average Bonchev–Trinajstić information content (AvgIpc) is 3.07. The Kier molecular flexibility index (Phi) is 6.59. The van der Waals surface area contributed by atoms with E-state index in [1.165, 1.54) is 7.11 Å². The van der Waals surface area contributed by atoms with Crippen LogP contribution < -0.4 is 16.4 Å². The molecule has 0 unspecified atom stereocenters. The van der Waals surface area contributed by atoms with Crippen LogP contribution in [0.25, 0.3) is 0 Å². The van der Waals surface area contributed by atoms with Crippen LogP contribution in [0.2, 0.25) is 0 Å².